The zero-order valence-electron chi connectivity index (χ0n) is 19.1. The van der Waals surface area contributed by atoms with Crippen LogP contribution in [0.1, 0.15) is 30.5 Å². The minimum atomic E-state index is -0.786. The molecule has 178 valence electrons. The van der Waals surface area contributed by atoms with E-state index in [1.165, 1.54) is 11.8 Å². The molecule has 0 N–H and O–H groups in total. The van der Waals surface area contributed by atoms with E-state index < -0.39 is 12.1 Å². The normalized spacial score (nSPS) is 11.8. The van der Waals surface area contributed by atoms with Crippen molar-refractivity contribution >= 4 is 44.0 Å². The van der Waals surface area contributed by atoms with Crippen molar-refractivity contribution in [2.24, 2.45) is 5.16 Å². The molecule has 0 aromatic heterocycles. The summed E-state index contributed by atoms with van der Waals surface area (Å²) in [6, 6.07) is 19.6. The lowest BCUT2D eigenvalue weighted by Gasteiger charge is -2.14. The number of hydrogen-bond acceptors (Lipinski definition) is 6. The summed E-state index contributed by atoms with van der Waals surface area (Å²) in [6.45, 7) is 3.61. The van der Waals surface area contributed by atoms with Crippen molar-refractivity contribution in [3.8, 4) is 17.2 Å². The quantitative estimate of drug-likeness (QED) is 0.146. The molecule has 34 heavy (non-hydrogen) atoms. The number of oxime groups is 1. The van der Waals surface area contributed by atoms with E-state index in [9.17, 15) is 4.79 Å². The number of carbonyl (C=O) groups is 1. The number of ether oxygens (including phenoxy) is 3. The molecule has 0 saturated heterocycles. The highest BCUT2D eigenvalue weighted by molar-refractivity contribution is 9.11. The third kappa shape index (κ3) is 7.08. The molecule has 8 heteroatoms. The Labute approximate surface area is 216 Å². The Bertz CT molecular complexity index is 1130. The summed E-state index contributed by atoms with van der Waals surface area (Å²) < 4.78 is 18.1. The summed E-state index contributed by atoms with van der Waals surface area (Å²) in [7, 11) is 1.66. The van der Waals surface area contributed by atoms with E-state index in [0.29, 0.717) is 18.1 Å². The number of rotatable bonds is 10. The summed E-state index contributed by atoms with van der Waals surface area (Å²) in [6.07, 6.45) is 1.45. The maximum Gasteiger partial charge on any atom is 0.349 e. The number of benzene rings is 3. The molecule has 3 aromatic carbocycles. The lowest BCUT2D eigenvalue weighted by molar-refractivity contribution is -0.155. The second-order valence-electron chi connectivity index (χ2n) is 7.29. The molecule has 0 amide bonds. The first kappa shape index (κ1) is 25.8. The molecular weight excluding hydrogens is 566 g/mol. The highest BCUT2D eigenvalue weighted by Crippen LogP contribution is 2.38. The van der Waals surface area contributed by atoms with Crippen LogP contribution in [-0.2, 0) is 20.8 Å². The number of esters is 1. The van der Waals surface area contributed by atoms with Crippen LogP contribution in [0.3, 0.4) is 0 Å². The number of hydrogen-bond donors (Lipinski definition) is 0. The molecule has 3 rings (SSSR count). The maximum atomic E-state index is 11.6. The van der Waals surface area contributed by atoms with Gasteiger partial charge in [-0.05, 0) is 87.2 Å². The van der Waals surface area contributed by atoms with Crippen LogP contribution >= 0.6 is 31.9 Å². The van der Waals surface area contributed by atoms with E-state index in [1.807, 2.05) is 48.5 Å². The zero-order chi connectivity index (χ0) is 24.5. The van der Waals surface area contributed by atoms with Crippen LogP contribution < -0.4 is 9.47 Å². The highest BCUT2D eigenvalue weighted by Gasteiger charge is 2.15. The van der Waals surface area contributed by atoms with Crippen molar-refractivity contribution in [2.45, 2.75) is 26.4 Å². The minimum Gasteiger partial charge on any atom is -0.496 e. The smallest absolute Gasteiger partial charge is 0.349 e. The van der Waals surface area contributed by atoms with Gasteiger partial charge in [-0.15, -0.1) is 0 Å². The molecule has 0 saturated carbocycles. The van der Waals surface area contributed by atoms with E-state index in [-0.39, 0.29) is 0 Å². The van der Waals surface area contributed by atoms with Gasteiger partial charge < -0.3 is 19.0 Å². The topological polar surface area (TPSA) is 66.4 Å². The molecule has 3 aromatic rings. The maximum absolute atomic E-state index is 11.6. The molecular formula is C26H25Br2NO5. The third-order valence-corrected chi connectivity index (χ3v) is 5.95. The Morgan fingerprint density at radius 3 is 2.41 bits per heavy atom. The molecule has 1 atom stereocenters. The van der Waals surface area contributed by atoms with Gasteiger partial charge in [-0.25, -0.2) is 4.79 Å². The van der Waals surface area contributed by atoms with Gasteiger partial charge >= 0.3 is 5.97 Å². The predicted molar refractivity (Wildman–Crippen MR) is 139 cm³/mol. The first-order valence-corrected chi connectivity index (χ1v) is 12.2. The first-order chi connectivity index (χ1) is 16.4. The third-order valence-electron chi connectivity index (χ3n) is 4.77. The summed E-state index contributed by atoms with van der Waals surface area (Å²) in [4.78, 5) is 16.8. The Kier molecular flexibility index (Phi) is 9.53. The Morgan fingerprint density at radius 1 is 1.06 bits per heavy atom. The fourth-order valence-electron chi connectivity index (χ4n) is 3.13. The van der Waals surface area contributed by atoms with Crippen LogP contribution in [0.25, 0.3) is 0 Å². The summed E-state index contributed by atoms with van der Waals surface area (Å²) in [5.41, 5.74) is 2.96. The minimum absolute atomic E-state index is 0.291. The van der Waals surface area contributed by atoms with Gasteiger partial charge in [0.15, 0.2) is 5.75 Å². The van der Waals surface area contributed by atoms with Crippen LogP contribution in [-0.4, -0.2) is 32.0 Å². The summed E-state index contributed by atoms with van der Waals surface area (Å²) in [5.74, 6) is 1.64. The van der Waals surface area contributed by atoms with Crippen LogP contribution in [0.5, 0.6) is 17.2 Å². The van der Waals surface area contributed by atoms with Crippen LogP contribution in [0.2, 0.25) is 0 Å². The van der Waals surface area contributed by atoms with Crippen LogP contribution in [0.4, 0.5) is 0 Å². The van der Waals surface area contributed by atoms with Crippen molar-refractivity contribution < 1.29 is 23.8 Å². The molecule has 0 fully saturated rings. The van der Waals surface area contributed by atoms with E-state index in [1.54, 1.807) is 21.0 Å². The summed E-state index contributed by atoms with van der Waals surface area (Å²) >= 11 is 7.13. The second-order valence-corrected chi connectivity index (χ2v) is 8.99. The van der Waals surface area contributed by atoms with Crippen molar-refractivity contribution in [1.29, 1.82) is 0 Å². The number of carbonyl (C=O) groups excluding carboxylic acids is 1. The van der Waals surface area contributed by atoms with E-state index in [0.717, 1.165) is 32.2 Å². The zero-order valence-corrected chi connectivity index (χ0v) is 22.3. The molecule has 0 radical (unpaired) electrons. The van der Waals surface area contributed by atoms with Gasteiger partial charge in [0, 0.05) is 12.0 Å². The van der Waals surface area contributed by atoms with Gasteiger partial charge in [-0.1, -0.05) is 35.5 Å². The SMILES string of the molecule is CCOC(=O)C(C)ON=Cc1cc(Br)c(Oc2ccc(OC)c(Cc3ccccc3)c2)c(Br)c1. The molecule has 0 aliphatic heterocycles. The second kappa shape index (κ2) is 12.6. The Balaban J connectivity index is 1.75. The lowest BCUT2D eigenvalue weighted by Crippen LogP contribution is -2.21. The van der Waals surface area contributed by atoms with E-state index >= 15 is 0 Å². The molecule has 6 nitrogen and oxygen atoms in total. The molecule has 0 aliphatic carbocycles. The lowest BCUT2D eigenvalue weighted by atomic mass is 10.0. The van der Waals surface area contributed by atoms with E-state index in [4.69, 9.17) is 19.0 Å². The largest absolute Gasteiger partial charge is 0.496 e. The number of halogens is 2. The van der Waals surface area contributed by atoms with E-state index in [2.05, 4.69) is 49.1 Å². The average Bonchev–Trinajstić information content (AvgIpc) is 2.82. The number of nitrogens with zero attached hydrogens (tertiary/aromatic N) is 1. The molecule has 0 aliphatic rings. The van der Waals surface area contributed by atoms with Gasteiger partial charge in [0.2, 0.25) is 6.10 Å². The van der Waals surface area contributed by atoms with Gasteiger partial charge in [0.1, 0.15) is 11.5 Å². The monoisotopic (exact) mass is 589 g/mol. The first-order valence-electron chi connectivity index (χ1n) is 10.6. The highest BCUT2D eigenvalue weighted by atomic mass is 79.9. The Morgan fingerprint density at radius 2 is 1.76 bits per heavy atom. The van der Waals surface area contributed by atoms with Gasteiger partial charge in [0.05, 0.1) is 28.9 Å². The fraction of sp³-hybridized carbons (Fsp3) is 0.231. The van der Waals surface area contributed by atoms with Crippen molar-refractivity contribution in [1.82, 2.24) is 0 Å². The molecule has 0 spiro atoms. The molecule has 1 unspecified atom stereocenters. The van der Waals surface area contributed by atoms with Crippen LogP contribution in [0.15, 0.2) is 74.8 Å². The Hall–Kier alpha value is -2.84. The molecule has 0 heterocycles. The predicted octanol–water partition coefficient (Wildman–Crippen LogP) is 6.91. The molecule has 0 bridgehead atoms. The van der Waals surface area contributed by atoms with Crippen molar-refractivity contribution in [3.63, 3.8) is 0 Å². The van der Waals surface area contributed by atoms with Gasteiger partial charge in [-0.2, -0.15) is 0 Å². The van der Waals surface area contributed by atoms with Gasteiger partial charge in [0.25, 0.3) is 0 Å². The summed E-state index contributed by atoms with van der Waals surface area (Å²) in [5, 5.41) is 3.89. The van der Waals surface area contributed by atoms with Crippen LogP contribution in [0, 0.1) is 0 Å². The fourth-order valence-corrected chi connectivity index (χ4v) is 4.51. The standard InChI is InChI=1S/C26H25Br2NO5/c1-4-32-26(30)17(2)34-29-16-19-13-22(27)25(23(28)14-19)33-21-10-11-24(31-3)20(15-21)12-18-8-6-5-7-9-18/h5-11,13-17H,4,12H2,1-3H3. The van der Waals surface area contributed by atoms with Crippen molar-refractivity contribution in [3.05, 3.63) is 86.3 Å². The number of methoxy groups -OCH3 is 1. The van der Waals surface area contributed by atoms with Gasteiger partial charge in [-0.3, -0.25) is 0 Å². The van der Waals surface area contributed by atoms with Crippen molar-refractivity contribution in [2.75, 3.05) is 13.7 Å². The average molecular weight is 591 g/mol.